The van der Waals surface area contributed by atoms with E-state index in [1.807, 2.05) is 0 Å². The van der Waals surface area contributed by atoms with E-state index in [1.165, 1.54) is 12.0 Å². The van der Waals surface area contributed by atoms with E-state index in [-0.39, 0.29) is 0 Å². The molecule has 1 atom stereocenters. The standard InChI is InChI=1S/C12H18O/c1-3-11(9-10-13-2)12-7-5-4-6-8-12/h4-8,11H,3,9-10H2,1-2H3. The van der Waals surface area contributed by atoms with Crippen molar-refractivity contribution in [3.8, 4) is 0 Å². The fourth-order valence-corrected chi connectivity index (χ4v) is 1.59. The van der Waals surface area contributed by atoms with E-state index in [9.17, 15) is 0 Å². The molecule has 0 aliphatic carbocycles. The van der Waals surface area contributed by atoms with Crippen LogP contribution in [0.3, 0.4) is 0 Å². The van der Waals surface area contributed by atoms with Crippen LogP contribution in [0.1, 0.15) is 31.2 Å². The van der Waals surface area contributed by atoms with Crippen LogP contribution in [0.5, 0.6) is 0 Å². The molecule has 0 spiro atoms. The number of hydrogen-bond donors (Lipinski definition) is 0. The topological polar surface area (TPSA) is 9.23 Å². The zero-order valence-electron chi connectivity index (χ0n) is 8.49. The molecule has 1 aromatic carbocycles. The molecule has 0 fully saturated rings. The average molecular weight is 178 g/mol. The van der Waals surface area contributed by atoms with E-state index in [2.05, 4.69) is 37.3 Å². The Bertz CT molecular complexity index is 218. The molecule has 0 aromatic heterocycles. The number of hydrogen-bond acceptors (Lipinski definition) is 1. The number of methoxy groups -OCH3 is 1. The van der Waals surface area contributed by atoms with Crippen LogP contribution in [0, 0.1) is 0 Å². The minimum atomic E-state index is 0.654. The molecule has 1 nitrogen and oxygen atoms in total. The van der Waals surface area contributed by atoms with Crippen LogP contribution in [0.2, 0.25) is 0 Å². The summed E-state index contributed by atoms with van der Waals surface area (Å²) in [6.45, 7) is 3.08. The van der Waals surface area contributed by atoms with Gasteiger partial charge >= 0.3 is 0 Å². The van der Waals surface area contributed by atoms with E-state index in [4.69, 9.17) is 4.74 Å². The lowest BCUT2D eigenvalue weighted by Gasteiger charge is -2.14. The molecule has 72 valence electrons. The molecule has 0 aliphatic heterocycles. The highest BCUT2D eigenvalue weighted by Gasteiger charge is 2.07. The summed E-state index contributed by atoms with van der Waals surface area (Å²) >= 11 is 0. The zero-order chi connectivity index (χ0) is 9.52. The lowest BCUT2D eigenvalue weighted by Crippen LogP contribution is -2.01. The van der Waals surface area contributed by atoms with Crippen molar-refractivity contribution in [3.05, 3.63) is 35.9 Å². The van der Waals surface area contributed by atoms with Gasteiger partial charge in [-0.05, 0) is 24.3 Å². The average Bonchev–Trinajstić information content (AvgIpc) is 2.21. The normalized spacial score (nSPS) is 12.8. The van der Waals surface area contributed by atoms with Crippen LogP contribution in [0.15, 0.2) is 30.3 Å². The lowest BCUT2D eigenvalue weighted by molar-refractivity contribution is 0.187. The van der Waals surface area contributed by atoms with Crippen molar-refractivity contribution in [2.24, 2.45) is 0 Å². The Hall–Kier alpha value is -0.820. The van der Waals surface area contributed by atoms with Gasteiger partial charge in [-0.1, -0.05) is 37.3 Å². The van der Waals surface area contributed by atoms with Crippen LogP contribution in [-0.4, -0.2) is 13.7 Å². The van der Waals surface area contributed by atoms with Crippen molar-refractivity contribution in [2.75, 3.05) is 13.7 Å². The van der Waals surface area contributed by atoms with Crippen LogP contribution in [0.25, 0.3) is 0 Å². The summed E-state index contributed by atoms with van der Waals surface area (Å²) in [6.07, 6.45) is 2.31. The van der Waals surface area contributed by atoms with E-state index in [1.54, 1.807) is 7.11 Å². The Kier molecular flexibility index (Phi) is 4.55. The van der Waals surface area contributed by atoms with E-state index < -0.39 is 0 Å². The molecule has 0 radical (unpaired) electrons. The summed E-state index contributed by atoms with van der Waals surface area (Å²) < 4.78 is 5.10. The van der Waals surface area contributed by atoms with Gasteiger partial charge in [0.15, 0.2) is 0 Å². The van der Waals surface area contributed by atoms with Crippen molar-refractivity contribution in [2.45, 2.75) is 25.7 Å². The molecule has 0 saturated heterocycles. The van der Waals surface area contributed by atoms with Gasteiger partial charge in [0.25, 0.3) is 0 Å². The Morgan fingerprint density at radius 2 is 1.92 bits per heavy atom. The van der Waals surface area contributed by atoms with Crippen LogP contribution < -0.4 is 0 Å². The predicted molar refractivity (Wildman–Crippen MR) is 56.0 cm³/mol. The van der Waals surface area contributed by atoms with E-state index in [0.29, 0.717) is 5.92 Å². The Morgan fingerprint density at radius 1 is 1.23 bits per heavy atom. The fraction of sp³-hybridized carbons (Fsp3) is 0.500. The highest BCUT2D eigenvalue weighted by molar-refractivity contribution is 5.19. The van der Waals surface area contributed by atoms with Gasteiger partial charge in [0, 0.05) is 13.7 Å². The highest BCUT2D eigenvalue weighted by Crippen LogP contribution is 2.22. The van der Waals surface area contributed by atoms with Gasteiger partial charge in [-0.3, -0.25) is 0 Å². The summed E-state index contributed by atoms with van der Waals surface area (Å²) in [7, 11) is 1.76. The molecule has 0 N–H and O–H groups in total. The molecule has 1 aromatic rings. The van der Waals surface area contributed by atoms with Crippen LogP contribution in [0.4, 0.5) is 0 Å². The molecule has 1 unspecified atom stereocenters. The summed E-state index contributed by atoms with van der Waals surface area (Å²) in [5, 5.41) is 0. The molecule has 0 heterocycles. The second-order valence-electron chi connectivity index (χ2n) is 3.30. The molecule has 1 heteroatoms. The van der Waals surface area contributed by atoms with Gasteiger partial charge in [0.2, 0.25) is 0 Å². The molecular weight excluding hydrogens is 160 g/mol. The van der Waals surface area contributed by atoms with Crippen LogP contribution in [-0.2, 0) is 4.74 Å². The monoisotopic (exact) mass is 178 g/mol. The third-order valence-electron chi connectivity index (χ3n) is 2.43. The fourth-order valence-electron chi connectivity index (χ4n) is 1.59. The molecule has 1 rings (SSSR count). The first-order chi connectivity index (χ1) is 6.38. The van der Waals surface area contributed by atoms with Crippen molar-refractivity contribution in [1.82, 2.24) is 0 Å². The van der Waals surface area contributed by atoms with Crippen molar-refractivity contribution < 1.29 is 4.74 Å². The van der Waals surface area contributed by atoms with Gasteiger partial charge in [-0.15, -0.1) is 0 Å². The zero-order valence-corrected chi connectivity index (χ0v) is 8.49. The quantitative estimate of drug-likeness (QED) is 0.672. The second-order valence-corrected chi connectivity index (χ2v) is 3.30. The molecule has 13 heavy (non-hydrogen) atoms. The minimum absolute atomic E-state index is 0.654. The summed E-state index contributed by atoms with van der Waals surface area (Å²) in [4.78, 5) is 0. The third kappa shape index (κ3) is 3.19. The maximum absolute atomic E-state index is 5.10. The Labute approximate surface area is 80.7 Å². The lowest BCUT2D eigenvalue weighted by atomic mass is 9.94. The maximum atomic E-state index is 5.10. The second kappa shape index (κ2) is 5.76. The summed E-state index contributed by atoms with van der Waals surface area (Å²) in [6, 6.07) is 10.7. The summed E-state index contributed by atoms with van der Waals surface area (Å²) in [5.74, 6) is 0.654. The number of rotatable bonds is 5. The van der Waals surface area contributed by atoms with Gasteiger partial charge in [0.05, 0.1) is 0 Å². The van der Waals surface area contributed by atoms with Gasteiger partial charge < -0.3 is 4.74 Å². The molecule has 0 bridgehead atoms. The summed E-state index contributed by atoms with van der Waals surface area (Å²) in [5.41, 5.74) is 1.43. The molecular formula is C12H18O. The van der Waals surface area contributed by atoms with Gasteiger partial charge in [-0.25, -0.2) is 0 Å². The number of benzene rings is 1. The molecule has 0 saturated carbocycles. The highest BCUT2D eigenvalue weighted by atomic mass is 16.5. The van der Waals surface area contributed by atoms with Gasteiger partial charge in [0.1, 0.15) is 0 Å². The smallest absolute Gasteiger partial charge is 0.0468 e. The van der Waals surface area contributed by atoms with Crippen molar-refractivity contribution in [1.29, 1.82) is 0 Å². The first-order valence-electron chi connectivity index (χ1n) is 4.92. The van der Waals surface area contributed by atoms with Gasteiger partial charge in [-0.2, -0.15) is 0 Å². The first-order valence-corrected chi connectivity index (χ1v) is 4.92. The third-order valence-corrected chi connectivity index (χ3v) is 2.43. The largest absolute Gasteiger partial charge is 0.385 e. The minimum Gasteiger partial charge on any atom is -0.385 e. The maximum Gasteiger partial charge on any atom is 0.0468 e. The van der Waals surface area contributed by atoms with E-state index >= 15 is 0 Å². The molecule has 0 amide bonds. The van der Waals surface area contributed by atoms with Crippen molar-refractivity contribution in [3.63, 3.8) is 0 Å². The number of ether oxygens (including phenoxy) is 1. The first kappa shape index (κ1) is 10.3. The SMILES string of the molecule is CCC(CCOC)c1ccccc1. The van der Waals surface area contributed by atoms with Crippen molar-refractivity contribution >= 4 is 0 Å². The Morgan fingerprint density at radius 3 is 2.46 bits per heavy atom. The van der Waals surface area contributed by atoms with Crippen LogP contribution >= 0.6 is 0 Å². The van der Waals surface area contributed by atoms with E-state index in [0.717, 1.165) is 13.0 Å². The predicted octanol–water partition coefficient (Wildman–Crippen LogP) is 3.22. The Balaban J connectivity index is 2.56. The molecule has 0 aliphatic rings.